The maximum atomic E-state index is 12.5. The minimum Gasteiger partial charge on any atom is -0.497 e. The number of methoxy groups -OCH3 is 1. The molecule has 1 aliphatic carbocycles. The molecule has 22 heavy (non-hydrogen) atoms. The molecule has 2 N–H and O–H groups in total. The first-order valence-corrected chi connectivity index (χ1v) is 7.98. The van der Waals surface area contributed by atoms with Crippen molar-refractivity contribution < 1.29 is 9.53 Å². The Morgan fingerprint density at radius 2 is 2.09 bits per heavy atom. The molecule has 3 rings (SSSR count). The summed E-state index contributed by atoms with van der Waals surface area (Å²) >= 11 is 0. The van der Waals surface area contributed by atoms with Crippen molar-refractivity contribution in [3.63, 3.8) is 0 Å². The number of piperazine rings is 1. The first-order chi connectivity index (χ1) is 10.7. The number of rotatable bonds is 3. The second kappa shape index (κ2) is 6.52. The molecule has 120 valence electrons. The standard InChI is InChI=1S/C16H24N4O2/c1-22-12-5-6-18-15(11-12)19-7-9-20(10-8-19)16(21)13-3-2-4-14(13)17/h5-6,11,13-14H,2-4,7-10,17H2,1H3/t13-,14-/m1/s1. The van der Waals surface area contributed by atoms with Crippen LogP contribution in [-0.2, 0) is 4.79 Å². The largest absolute Gasteiger partial charge is 0.497 e. The van der Waals surface area contributed by atoms with E-state index >= 15 is 0 Å². The third-order valence-corrected chi connectivity index (χ3v) is 4.75. The fraction of sp³-hybridized carbons (Fsp3) is 0.625. The van der Waals surface area contributed by atoms with E-state index < -0.39 is 0 Å². The Balaban J connectivity index is 1.59. The average molecular weight is 304 g/mol. The maximum absolute atomic E-state index is 12.5. The Bertz CT molecular complexity index is 529. The molecule has 1 aromatic heterocycles. The van der Waals surface area contributed by atoms with Crippen molar-refractivity contribution in [1.82, 2.24) is 9.88 Å². The monoisotopic (exact) mass is 304 g/mol. The van der Waals surface area contributed by atoms with Crippen molar-refractivity contribution in [2.24, 2.45) is 11.7 Å². The summed E-state index contributed by atoms with van der Waals surface area (Å²) < 4.78 is 5.24. The molecular weight excluding hydrogens is 280 g/mol. The molecule has 2 fully saturated rings. The van der Waals surface area contributed by atoms with E-state index in [2.05, 4.69) is 9.88 Å². The third-order valence-electron chi connectivity index (χ3n) is 4.75. The number of hydrogen-bond acceptors (Lipinski definition) is 5. The van der Waals surface area contributed by atoms with Crippen LogP contribution in [-0.4, -0.2) is 55.1 Å². The molecule has 1 aromatic rings. The molecule has 2 aliphatic rings. The third kappa shape index (κ3) is 3.02. The van der Waals surface area contributed by atoms with Gasteiger partial charge in [-0.1, -0.05) is 6.42 Å². The Kier molecular flexibility index (Phi) is 4.47. The van der Waals surface area contributed by atoms with Crippen LogP contribution in [0.2, 0.25) is 0 Å². The van der Waals surface area contributed by atoms with E-state index in [1.165, 1.54) is 0 Å². The lowest BCUT2D eigenvalue weighted by Crippen LogP contribution is -2.52. The van der Waals surface area contributed by atoms with E-state index in [0.717, 1.165) is 57.0 Å². The smallest absolute Gasteiger partial charge is 0.227 e. The van der Waals surface area contributed by atoms with Crippen molar-refractivity contribution in [1.29, 1.82) is 0 Å². The number of ether oxygens (including phenoxy) is 1. The number of hydrogen-bond donors (Lipinski definition) is 1. The lowest BCUT2D eigenvalue weighted by atomic mass is 10.0. The van der Waals surface area contributed by atoms with Gasteiger partial charge in [0.1, 0.15) is 11.6 Å². The lowest BCUT2D eigenvalue weighted by molar-refractivity contribution is -0.136. The van der Waals surface area contributed by atoms with Crippen LogP contribution in [0, 0.1) is 5.92 Å². The number of pyridine rings is 1. The highest BCUT2D eigenvalue weighted by Gasteiger charge is 2.34. The number of amides is 1. The molecule has 0 aromatic carbocycles. The predicted molar refractivity (Wildman–Crippen MR) is 84.9 cm³/mol. The summed E-state index contributed by atoms with van der Waals surface area (Å²) in [6, 6.07) is 3.82. The van der Waals surface area contributed by atoms with Gasteiger partial charge in [0, 0.05) is 44.5 Å². The minimum absolute atomic E-state index is 0.0292. The SMILES string of the molecule is COc1ccnc(N2CCN(C(=O)[C@@H]3CCC[C@H]3N)CC2)c1. The van der Waals surface area contributed by atoms with Crippen LogP contribution >= 0.6 is 0 Å². The van der Waals surface area contributed by atoms with E-state index in [0.29, 0.717) is 0 Å². The summed E-state index contributed by atoms with van der Waals surface area (Å²) in [5, 5.41) is 0. The van der Waals surface area contributed by atoms with Crippen LogP contribution < -0.4 is 15.4 Å². The van der Waals surface area contributed by atoms with Crippen molar-refractivity contribution in [3.05, 3.63) is 18.3 Å². The number of nitrogens with two attached hydrogens (primary N) is 1. The lowest BCUT2D eigenvalue weighted by Gasteiger charge is -2.37. The summed E-state index contributed by atoms with van der Waals surface area (Å²) in [6.45, 7) is 3.07. The van der Waals surface area contributed by atoms with Gasteiger partial charge in [0.25, 0.3) is 0 Å². The van der Waals surface area contributed by atoms with Crippen molar-refractivity contribution >= 4 is 11.7 Å². The van der Waals surface area contributed by atoms with Gasteiger partial charge < -0.3 is 20.3 Å². The van der Waals surface area contributed by atoms with Crippen molar-refractivity contribution in [2.75, 3.05) is 38.2 Å². The van der Waals surface area contributed by atoms with Crippen molar-refractivity contribution in [3.8, 4) is 5.75 Å². The van der Waals surface area contributed by atoms with Crippen LogP contribution in [0.15, 0.2) is 18.3 Å². The highest BCUT2D eigenvalue weighted by molar-refractivity contribution is 5.80. The zero-order valence-electron chi connectivity index (χ0n) is 13.1. The Hall–Kier alpha value is -1.82. The van der Waals surface area contributed by atoms with Gasteiger partial charge in [-0.2, -0.15) is 0 Å². The van der Waals surface area contributed by atoms with Crippen LogP contribution in [0.5, 0.6) is 5.75 Å². The van der Waals surface area contributed by atoms with E-state index in [4.69, 9.17) is 10.5 Å². The first-order valence-electron chi connectivity index (χ1n) is 7.98. The fourth-order valence-corrected chi connectivity index (χ4v) is 3.39. The van der Waals surface area contributed by atoms with E-state index in [1.54, 1.807) is 13.3 Å². The molecule has 6 heteroatoms. The van der Waals surface area contributed by atoms with Gasteiger partial charge >= 0.3 is 0 Å². The van der Waals surface area contributed by atoms with Crippen LogP contribution in [0.1, 0.15) is 19.3 Å². The van der Waals surface area contributed by atoms with Gasteiger partial charge in [0.15, 0.2) is 0 Å². The van der Waals surface area contributed by atoms with Crippen LogP contribution in [0.25, 0.3) is 0 Å². The predicted octanol–water partition coefficient (Wildman–Crippen LogP) is 0.866. The van der Waals surface area contributed by atoms with Crippen LogP contribution in [0.4, 0.5) is 5.82 Å². The van der Waals surface area contributed by atoms with E-state index in [1.807, 2.05) is 17.0 Å². The molecule has 6 nitrogen and oxygen atoms in total. The van der Waals surface area contributed by atoms with Gasteiger partial charge in [-0.25, -0.2) is 4.98 Å². The summed E-state index contributed by atoms with van der Waals surface area (Å²) in [4.78, 5) is 21.1. The zero-order chi connectivity index (χ0) is 15.5. The number of carbonyl (C=O) groups excluding carboxylic acids is 1. The first kappa shape index (κ1) is 15.1. The van der Waals surface area contributed by atoms with Crippen LogP contribution in [0.3, 0.4) is 0 Å². The molecular formula is C16H24N4O2. The second-order valence-electron chi connectivity index (χ2n) is 6.07. The second-order valence-corrected chi connectivity index (χ2v) is 6.07. The Morgan fingerprint density at radius 1 is 1.32 bits per heavy atom. The molecule has 0 spiro atoms. The van der Waals surface area contributed by atoms with Gasteiger partial charge in [0.2, 0.25) is 5.91 Å². The minimum atomic E-state index is 0.0292. The fourth-order valence-electron chi connectivity index (χ4n) is 3.39. The molecule has 0 radical (unpaired) electrons. The van der Waals surface area contributed by atoms with Gasteiger partial charge in [-0.05, 0) is 18.9 Å². The highest BCUT2D eigenvalue weighted by Crippen LogP contribution is 2.27. The van der Waals surface area contributed by atoms with E-state index in [-0.39, 0.29) is 17.9 Å². The highest BCUT2D eigenvalue weighted by atomic mass is 16.5. The molecule has 1 aliphatic heterocycles. The number of carbonyl (C=O) groups is 1. The molecule has 2 heterocycles. The molecule has 0 bridgehead atoms. The topological polar surface area (TPSA) is 71.7 Å². The van der Waals surface area contributed by atoms with Gasteiger partial charge in [-0.3, -0.25) is 4.79 Å². The van der Waals surface area contributed by atoms with Gasteiger partial charge in [0.05, 0.1) is 13.0 Å². The van der Waals surface area contributed by atoms with E-state index in [9.17, 15) is 4.79 Å². The molecule has 1 saturated carbocycles. The average Bonchev–Trinajstić information content (AvgIpc) is 3.00. The normalized spacial score (nSPS) is 25.4. The Morgan fingerprint density at radius 3 is 2.73 bits per heavy atom. The quantitative estimate of drug-likeness (QED) is 0.897. The zero-order valence-corrected chi connectivity index (χ0v) is 13.1. The molecule has 1 amide bonds. The Labute approximate surface area is 131 Å². The summed E-state index contributed by atoms with van der Waals surface area (Å²) in [7, 11) is 1.65. The summed E-state index contributed by atoms with van der Waals surface area (Å²) in [6.07, 6.45) is 4.75. The summed E-state index contributed by atoms with van der Waals surface area (Å²) in [5.41, 5.74) is 6.06. The molecule has 1 saturated heterocycles. The number of nitrogens with zero attached hydrogens (tertiary/aromatic N) is 3. The molecule has 0 unspecified atom stereocenters. The number of anilines is 1. The summed E-state index contributed by atoms with van der Waals surface area (Å²) in [5.74, 6) is 1.98. The van der Waals surface area contributed by atoms with Crippen molar-refractivity contribution in [2.45, 2.75) is 25.3 Å². The number of aromatic nitrogens is 1. The van der Waals surface area contributed by atoms with Gasteiger partial charge in [-0.15, -0.1) is 0 Å². The molecule has 2 atom stereocenters. The maximum Gasteiger partial charge on any atom is 0.227 e.